The predicted octanol–water partition coefficient (Wildman–Crippen LogP) is 4.39. The SMILES string of the molecule is CCOc1ccc(-c2noc(CCC(=O)N3CCCC(COc4ccccc4)C3)n2)cc1. The summed E-state index contributed by atoms with van der Waals surface area (Å²) in [4.78, 5) is 19.1. The fourth-order valence-electron chi connectivity index (χ4n) is 3.87. The van der Waals surface area contributed by atoms with Gasteiger partial charge in [-0.05, 0) is 56.2 Å². The maximum absolute atomic E-state index is 12.7. The molecule has 2 heterocycles. The number of aryl methyl sites for hydroxylation is 1. The Labute approximate surface area is 188 Å². The second-order valence-corrected chi connectivity index (χ2v) is 7.94. The zero-order chi connectivity index (χ0) is 22.2. The molecular formula is C25H29N3O4. The molecule has 168 valence electrons. The molecule has 1 fully saturated rings. The Kier molecular flexibility index (Phi) is 7.38. The molecule has 4 rings (SSSR count). The van der Waals surface area contributed by atoms with E-state index in [1.807, 2.05) is 66.4 Å². The third kappa shape index (κ3) is 5.87. The minimum atomic E-state index is 0.121. The summed E-state index contributed by atoms with van der Waals surface area (Å²) in [5.41, 5.74) is 0.854. The highest BCUT2D eigenvalue weighted by Crippen LogP contribution is 2.22. The van der Waals surface area contributed by atoms with Crippen LogP contribution in [0.3, 0.4) is 0 Å². The zero-order valence-corrected chi connectivity index (χ0v) is 18.4. The number of carbonyl (C=O) groups is 1. The van der Waals surface area contributed by atoms with E-state index in [-0.39, 0.29) is 5.91 Å². The number of aromatic nitrogens is 2. The van der Waals surface area contributed by atoms with E-state index in [0.29, 0.717) is 43.7 Å². The highest BCUT2D eigenvalue weighted by atomic mass is 16.5. The largest absolute Gasteiger partial charge is 0.494 e. The number of carbonyl (C=O) groups excluding carboxylic acids is 1. The van der Waals surface area contributed by atoms with Gasteiger partial charge < -0.3 is 18.9 Å². The summed E-state index contributed by atoms with van der Waals surface area (Å²) in [6.45, 7) is 4.72. The highest BCUT2D eigenvalue weighted by molar-refractivity contribution is 5.76. The molecule has 1 amide bonds. The van der Waals surface area contributed by atoms with Crippen molar-refractivity contribution in [2.45, 2.75) is 32.6 Å². The fourth-order valence-corrected chi connectivity index (χ4v) is 3.87. The Hall–Kier alpha value is -3.35. The van der Waals surface area contributed by atoms with Crippen molar-refractivity contribution in [2.24, 2.45) is 5.92 Å². The van der Waals surface area contributed by atoms with Crippen LogP contribution in [-0.4, -0.2) is 47.3 Å². The molecule has 32 heavy (non-hydrogen) atoms. The second kappa shape index (κ2) is 10.8. The molecule has 7 heteroatoms. The summed E-state index contributed by atoms with van der Waals surface area (Å²) in [5.74, 6) is 3.14. The van der Waals surface area contributed by atoms with Crippen LogP contribution in [0.15, 0.2) is 59.1 Å². The lowest BCUT2D eigenvalue weighted by atomic mass is 9.98. The van der Waals surface area contributed by atoms with Gasteiger partial charge in [0.1, 0.15) is 11.5 Å². The van der Waals surface area contributed by atoms with E-state index < -0.39 is 0 Å². The van der Waals surface area contributed by atoms with Gasteiger partial charge >= 0.3 is 0 Å². The van der Waals surface area contributed by atoms with Gasteiger partial charge in [-0.2, -0.15) is 4.98 Å². The maximum Gasteiger partial charge on any atom is 0.227 e. The second-order valence-electron chi connectivity index (χ2n) is 7.94. The van der Waals surface area contributed by atoms with Crippen molar-refractivity contribution in [1.82, 2.24) is 15.0 Å². The monoisotopic (exact) mass is 435 g/mol. The number of amides is 1. The van der Waals surface area contributed by atoms with Gasteiger partial charge in [0.25, 0.3) is 0 Å². The van der Waals surface area contributed by atoms with Crippen molar-refractivity contribution in [3.63, 3.8) is 0 Å². The van der Waals surface area contributed by atoms with Crippen LogP contribution in [0, 0.1) is 5.92 Å². The summed E-state index contributed by atoms with van der Waals surface area (Å²) in [6.07, 6.45) is 2.87. The molecule has 0 radical (unpaired) electrons. The predicted molar refractivity (Wildman–Crippen MR) is 120 cm³/mol. The molecule has 3 aromatic rings. The van der Waals surface area contributed by atoms with Crippen LogP contribution in [0.5, 0.6) is 11.5 Å². The lowest BCUT2D eigenvalue weighted by molar-refractivity contribution is -0.133. The van der Waals surface area contributed by atoms with Crippen molar-refractivity contribution in [2.75, 3.05) is 26.3 Å². The quantitative estimate of drug-likeness (QED) is 0.496. The van der Waals surface area contributed by atoms with Crippen LogP contribution in [0.2, 0.25) is 0 Å². The van der Waals surface area contributed by atoms with Crippen LogP contribution in [0.25, 0.3) is 11.4 Å². The number of piperidine rings is 1. The first-order chi connectivity index (χ1) is 15.7. The molecule has 0 aliphatic carbocycles. The first-order valence-electron chi connectivity index (χ1n) is 11.2. The molecule has 0 saturated carbocycles. The number of para-hydroxylation sites is 1. The molecule has 1 aromatic heterocycles. The van der Waals surface area contributed by atoms with Crippen LogP contribution >= 0.6 is 0 Å². The number of ether oxygens (including phenoxy) is 2. The van der Waals surface area contributed by atoms with Crippen LogP contribution in [0.1, 0.15) is 32.1 Å². The number of nitrogens with zero attached hydrogens (tertiary/aromatic N) is 3. The highest BCUT2D eigenvalue weighted by Gasteiger charge is 2.24. The topological polar surface area (TPSA) is 77.7 Å². The van der Waals surface area contributed by atoms with E-state index in [9.17, 15) is 4.79 Å². The third-order valence-electron chi connectivity index (χ3n) is 5.54. The minimum absolute atomic E-state index is 0.121. The molecule has 1 saturated heterocycles. The van der Waals surface area contributed by atoms with E-state index >= 15 is 0 Å². The summed E-state index contributed by atoms with van der Waals surface area (Å²) in [5, 5.41) is 4.05. The van der Waals surface area contributed by atoms with Gasteiger partial charge in [0.05, 0.1) is 13.2 Å². The van der Waals surface area contributed by atoms with Gasteiger partial charge in [0, 0.05) is 37.4 Å². The normalized spacial score (nSPS) is 16.0. The van der Waals surface area contributed by atoms with E-state index in [1.54, 1.807) is 0 Å². The van der Waals surface area contributed by atoms with Crippen LogP contribution < -0.4 is 9.47 Å². The summed E-state index contributed by atoms with van der Waals surface area (Å²) in [7, 11) is 0. The molecule has 7 nitrogen and oxygen atoms in total. The average molecular weight is 436 g/mol. The van der Waals surface area contributed by atoms with Gasteiger partial charge in [-0.3, -0.25) is 4.79 Å². The van der Waals surface area contributed by atoms with Gasteiger partial charge in [-0.15, -0.1) is 0 Å². The molecule has 0 spiro atoms. The third-order valence-corrected chi connectivity index (χ3v) is 5.54. The van der Waals surface area contributed by atoms with Gasteiger partial charge in [-0.1, -0.05) is 23.4 Å². The number of likely N-dealkylation sites (tertiary alicyclic amines) is 1. The molecule has 1 aliphatic rings. The molecule has 1 atom stereocenters. The van der Waals surface area contributed by atoms with Crippen molar-refractivity contribution in [3.8, 4) is 22.9 Å². The smallest absolute Gasteiger partial charge is 0.227 e. The molecule has 0 N–H and O–H groups in total. The summed E-state index contributed by atoms with van der Waals surface area (Å²) in [6, 6.07) is 17.4. The van der Waals surface area contributed by atoms with Gasteiger partial charge in [0.15, 0.2) is 0 Å². The minimum Gasteiger partial charge on any atom is -0.494 e. The van der Waals surface area contributed by atoms with E-state index in [4.69, 9.17) is 14.0 Å². The van der Waals surface area contributed by atoms with Gasteiger partial charge in [-0.25, -0.2) is 0 Å². The van der Waals surface area contributed by atoms with E-state index in [2.05, 4.69) is 10.1 Å². The molecular weight excluding hydrogens is 406 g/mol. The standard InChI is InChI=1S/C25H29N3O4/c1-2-30-22-12-10-20(11-13-22)25-26-23(32-27-25)14-15-24(29)28-16-6-7-19(17-28)18-31-21-8-4-3-5-9-21/h3-5,8-13,19H,2,6-7,14-18H2,1H3. The molecule has 1 unspecified atom stereocenters. The molecule has 1 aliphatic heterocycles. The van der Waals surface area contributed by atoms with Crippen molar-refractivity contribution in [1.29, 1.82) is 0 Å². The van der Waals surface area contributed by atoms with Crippen LogP contribution in [0.4, 0.5) is 0 Å². The number of hydrogen-bond acceptors (Lipinski definition) is 6. The molecule has 0 bridgehead atoms. The Morgan fingerprint density at radius 1 is 1.09 bits per heavy atom. The van der Waals surface area contributed by atoms with E-state index in [0.717, 1.165) is 43.0 Å². The first kappa shape index (κ1) is 21.9. The van der Waals surface area contributed by atoms with Gasteiger partial charge in [0.2, 0.25) is 17.6 Å². The number of rotatable bonds is 9. The van der Waals surface area contributed by atoms with E-state index in [1.165, 1.54) is 0 Å². The fraction of sp³-hybridized carbons (Fsp3) is 0.400. The maximum atomic E-state index is 12.7. The zero-order valence-electron chi connectivity index (χ0n) is 18.4. The number of benzene rings is 2. The number of hydrogen-bond donors (Lipinski definition) is 0. The Morgan fingerprint density at radius 3 is 2.66 bits per heavy atom. The first-order valence-corrected chi connectivity index (χ1v) is 11.2. The Bertz CT molecular complexity index is 988. The van der Waals surface area contributed by atoms with Crippen LogP contribution in [-0.2, 0) is 11.2 Å². The average Bonchev–Trinajstić information content (AvgIpc) is 3.32. The Morgan fingerprint density at radius 2 is 1.88 bits per heavy atom. The lowest BCUT2D eigenvalue weighted by Crippen LogP contribution is -2.41. The van der Waals surface area contributed by atoms with Crippen molar-refractivity contribution in [3.05, 3.63) is 60.5 Å². The molecule has 2 aromatic carbocycles. The summed E-state index contributed by atoms with van der Waals surface area (Å²) < 4.78 is 16.7. The summed E-state index contributed by atoms with van der Waals surface area (Å²) >= 11 is 0. The van der Waals surface area contributed by atoms with Crippen molar-refractivity contribution < 1.29 is 18.8 Å². The van der Waals surface area contributed by atoms with Crippen molar-refractivity contribution >= 4 is 5.91 Å². The Balaban J connectivity index is 1.25. The lowest BCUT2D eigenvalue weighted by Gasteiger charge is -2.32.